The molecule has 0 aliphatic rings. The summed E-state index contributed by atoms with van der Waals surface area (Å²) in [7, 11) is 0. The molecule has 0 fully saturated rings. The first-order chi connectivity index (χ1) is 14.9. The number of carbonyl (C=O) groups excluding carboxylic acids is 1. The minimum Gasteiger partial charge on any atom is -0.485 e. The van der Waals surface area contributed by atoms with Gasteiger partial charge in [-0.15, -0.1) is 0 Å². The van der Waals surface area contributed by atoms with E-state index in [1.807, 2.05) is 12.1 Å². The van der Waals surface area contributed by atoms with E-state index in [1.165, 1.54) is 12.1 Å². The molecular weight excluding hydrogens is 409 g/mol. The third kappa shape index (κ3) is 6.95. The van der Waals surface area contributed by atoms with Crippen molar-refractivity contribution in [3.05, 3.63) is 95.3 Å². The van der Waals surface area contributed by atoms with Gasteiger partial charge in [0.05, 0.1) is 5.56 Å². The number of oxime groups is 1. The summed E-state index contributed by atoms with van der Waals surface area (Å²) in [5.74, 6) is 0.352. The SMILES string of the molecule is O=C(COc1ccc(CC=NOCc2ccc(C(F)(F)F)cc2)cc1)c1ccccn1. The number of aromatic nitrogens is 1. The predicted molar refractivity (Wildman–Crippen MR) is 109 cm³/mol. The van der Waals surface area contributed by atoms with Crippen LogP contribution in [0.2, 0.25) is 0 Å². The Balaban J connectivity index is 1.40. The van der Waals surface area contributed by atoms with Gasteiger partial charge in [0.25, 0.3) is 0 Å². The standard InChI is InChI=1S/C23H19F3N2O3/c24-23(25,26)19-8-4-18(5-9-19)15-31-28-14-12-17-6-10-20(11-7-17)30-16-22(29)21-3-1-2-13-27-21/h1-11,13-14H,12,15-16H2. The number of ether oxygens (including phenoxy) is 1. The van der Waals surface area contributed by atoms with Crippen LogP contribution in [0.25, 0.3) is 0 Å². The summed E-state index contributed by atoms with van der Waals surface area (Å²) in [6.07, 6.45) is -0.742. The Morgan fingerprint density at radius 1 is 0.968 bits per heavy atom. The van der Waals surface area contributed by atoms with Crippen molar-refractivity contribution < 1.29 is 27.5 Å². The number of rotatable bonds is 9. The third-order valence-corrected chi connectivity index (χ3v) is 4.23. The maximum absolute atomic E-state index is 12.5. The number of benzene rings is 2. The Morgan fingerprint density at radius 3 is 2.32 bits per heavy atom. The first kappa shape index (κ1) is 22.0. The number of alkyl halides is 3. The highest BCUT2D eigenvalue weighted by Crippen LogP contribution is 2.29. The van der Waals surface area contributed by atoms with E-state index in [2.05, 4.69) is 10.1 Å². The number of pyridine rings is 1. The molecule has 8 heteroatoms. The van der Waals surface area contributed by atoms with Crippen molar-refractivity contribution in [3.8, 4) is 5.75 Å². The highest BCUT2D eigenvalue weighted by atomic mass is 19.4. The first-order valence-electron chi connectivity index (χ1n) is 9.38. The van der Waals surface area contributed by atoms with Gasteiger partial charge in [-0.2, -0.15) is 13.2 Å². The van der Waals surface area contributed by atoms with E-state index in [0.29, 0.717) is 23.4 Å². The second-order valence-corrected chi connectivity index (χ2v) is 6.53. The highest BCUT2D eigenvalue weighted by Gasteiger charge is 2.29. The monoisotopic (exact) mass is 428 g/mol. The van der Waals surface area contributed by atoms with E-state index in [9.17, 15) is 18.0 Å². The fourth-order valence-electron chi connectivity index (χ4n) is 2.57. The Morgan fingerprint density at radius 2 is 1.68 bits per heavy atom. The van der Waals surface area contributed by atoms with Gasteiger partial charge >= 0.3 is 6.18 Å². The molecule has 0 radical (unpaired) electrons. The van der Waals surface area contributed by atoms with Crippen LogP contribution in [0.5, 0.6) is 5.75 Å². The summed E-state index contributed by atoms with van der Waals surface area (Å²) in [4.78, 5) is 21.1. The lowest BCUT2D eigenvalue weighted by Crippen LogP contribution is -2.12. The first-order valence-corrected chi connectivity index (χ1v) is 9.38. The Hall–Kier alpha value is -3.68. The average molecular weight is 428 g/mol. The summed E-state index contributed by atoms with van der Waals surface area (Å²) in [6, 6.07) is 17.0. The van der Waals surface area contributed by atoms with Crippen LogP contribution < -0.4 is 4.74 Å². The molecule has 0 atom stereocenters. The van der Waals surface area contributed by atoms with Crippen molar-refractivity contribution in [2.45, 2.75) is 19.2 Å². The molecule has 3 rings (SSSR count). The molecule has 0 saturated carbocycles. The highest BCUT2D eigenvalue weighted by molar-refractivity contribution is 5.95. The summed E-state index contributed by atoms with van der Waals surface area (Å²) in [5.41, 5.74) is 1.19. The number of halogens is 3. The molecule has 0 bridgehead atoms. The molecule has 0 saturated heterocycles. The molecule has 0 spiro atoms. The maximum Gasteiger partial charge on any atom is 0.416 e. The van der Waals surface area contributed by atoms with E-state index in [1.54, 1.807) is 42.7 Å². The molecule has 0 N–H and O–H groups in total. The van der Waals surface area contributed by atoms with Crippen molar-refractivity contribution in [3.63, 3.8) is 0 Å². The van der Waals surface area contributed by atoms with Gasteiger partial charge in [-0.3, -0.25) is 9.78 Å². The second kappa shape index (κ2) is 10.4. The smallest absolute Gasteiger partial charge is 0.416 e. The van der Waals surface area contributed by atoms with Gasteiger partial charge in [0.1, 0.15) is 18.1 Å². The van der Waals surface area contributed by atoms with Crippen LogP contribution in [0, 0.1) is 0 Å². The van der Waals surface area contributed by atoms with Crippen LogP contribution >= 0.6 is 0 Å². The molecule has 160 valence electrons. The predicted octanol–water partition coefficient (Wildman–Crippen LogP) is 5.11. The van der Waals surface area contributed by atoms with Gasteiger partial charge in [0.2, 0.25) is 5.78 Å². The maximum atomic E-state index is 12.5. The molecule has 5 nitrogen and oxygen atoms in total. The zero-order chi connectivity index (χ0) is 22.1. The largest absolute Gasteiger partial charge is 0.485 e. The van der Waals surface area contributed by atoms with Crippen molar-refractivity contribution in [1.29, 1.82) is 0 Å². The number of carbonyl (C=O) groups is 1. The van der Waals surface area contributed by atoms with Gasteiger partial charge in [-0.1, -0.05) is 35.5 Å². The molecular formula is C23H19F3N2O3. The molecule has 1 heterocycles. The van der Waals surface area contributed by atoms with Crippen LogP contribution in [0.4, 0.5) is 13.2 Å². The fraction of sp³-hybridized carbons (Fsp3) is 0.174. The van der Waals surface area contributed by atoms with E-state index in [-0.39, 0.29) is 19.0 Å². The van der Waals surface area contributed by atoms with Crippen LogP contribution in [-0.4, -0.2) is 23.6 Å². The average Bonchev–Trinajstić information content (AvgIpc) is 2.78. The number of Topliss-reactive ketones (excluding diaryl/α,β-unsaturated/α-hetero) is 1. The van der Waals surface area contributed by atoms with E-state index in [0.717, 1.165) is 17.7 Å². The summed E-state index contributed by atoms with van der Waals surface area (Å²) in [5, 5.41) is 3.82. The van der Waals surface area contributed by atoms with Gasteiger partial charge in [0.15, 0.2) is 6.61 Å². The lowest BCUT2D eigenvalue weighted by Gasteiger charge is -2.07. The molecule has 0 aliphatic heterocycles. The van der Waals surface area contributed by atoms with E-state index >= 15 is 0 Å². The number of hydrogen-bond donors (Lipinski definition) is 0. The second-order valence-electron chi connectivity index (χ2n) is 6.53. The lowest BCUT2D eigenvalue weighted by molar-refractivity contribution is -0.137. The minimum absolute atomic E-state index is 0.0751. The van der Waals surface area contributed by atoms with Crippen molar-refractivity contribution in [2.24, 2.45) is 5.16 Å². The summed E-state index contributed by atoms with van der Waals surface area (Å²) >= 11 is 0. The van der Waals surface area contributed by atoms with Crippen molar-refractivity contribution in [2.75, 3.05) is 6.61 Å². The van der Waals surface area contributed by atoms with E-state index < -0.39 is 11.7 Å². The van der Waals surface area contributed by atoms with Crippen molar-refractivity contribution >= 4 is 12.0 Å². The van der Waals surface area contributed by atoms with Gasteiger partial charge < -0.3 is 9.57 Å². The quantitative estimate of drug-likeness (QED) is 0.270. The summed E-state index contributed by atoms with van der Waals surface area (Å²) < 4.78 is 43.1. The van der Waals surface area contributed by atoms with Gasteiger partial charge in [-0.25, -0.2) is 0 Å². The van der Waals surface area contributed by atoms with E-state index in [4.69, 9.17) is 9.57 Å². The molecule has 0 unspecified atom stereocenters. The number of hydrogen-bond acceptors (Lipinski definition) is 5. The van der Waals surface area contributed by atoms with Crippen molar-refractivity contribution in [1.82, 2.24) is 4.98 Å². The molecule has 31 heavy (non-hydrogen) atoms. The lowest BCUT2D eigenvalue weighted by atomic mass is 10.1. The molecule has 0 amide bonds. The molecule has 3 aromatic rings. The van der Waals surface area contributed by atoms with Crippen LogP contribution in [0.3, 0.4) is 0 Å². The zero-order valence-electron chi connectivity index (χ0n) is 16.4. The molecule has 1 aromatic heterocycles. The van der Waals surface area contributed by atoms with Crippen LogP contribution in [-0.2, 0) is 24.0 Å². The Bertz CT molecular complexity index is 1000. The van der Waals surface area contributed by atoms with Crippen LogP contribution in [0.1, 0.15) is 27.2 Å². The fourth-order valence-corrected chi connectivity index (χ4v) is 2.57. The Kier molecular flexibility index (Phi) is 7.37. The van der Waals surface area contributed by atoms with Crippen LogP contribution in [0.15, 0.2) is 78.1 Å². The van der Waals surface area contributed by atoms with Gasteiger partial charge in [0, 0.05) is 18.8 Å². The zero-order valence-corrected chi connectivity index (χ0v) is 16.4. The third-order valence-electron chi connectivity index (χ3n) is 4.23. The number of ketones is 1. The number of nitrogens with zero attached hydrogens (tertiary/aromatic N) is 2. The topological polar surface area (TPSA) is 60.8 Å². The Labute approximate surface area is 177 Å². The normalized spacial score (nSPS) is 11.5. The molecule has 0 aliphatic carbocycles. The minimum atomic E-state index is -4.35. The molecule has 2 aromatic carbocycles. The summed E-state index contributed by atoms with van der Waals surface area (Å²) in [6.45, 7) is -0.0265. The van der Waals surface area contributed by atoms with Gasteiger partial charge in [-0.05, 0) is 47.5 Å².